The summed E-state index contributed by atoms with van der Waals surface area (Å²) >= 11 is 0. The van der Waals surface area contributed by atoms with E-state index in [1.807, 2.05) is 41.5 Å². The number of nitriles is 1. The van der Waals surface area contributed by atoms with E-state index in [9.17, 15) is 18.0 Å². The number of hydrogen-bond acceptors (Lipinski definition) is 4. The molecule has 158 valence electrons. The Kier molecular flexibility index (Phi) is 5.20. The zero-order valence-corrected chi connectivity index (χ0v) is 16.7. The van der Waals surface area contributed by atoms with E-state index in [-0.39, 0.29) is 24.4 Å². The Morgan fingerprint density at radius 1 is 1.23 bits per heavy atom. The Labute approximate surface area is 172 Å². The van der Waals surface area contributed by atoms with Crippen LogP contribution in [0, 0.1) is 25.2 Å². The topological polar surface area (TPSA) is 58.3 Å². The molecule has 3 atom stereocenters. The van der Waals surface area contributed by atoms with Gasteiger partial charge in [0.25, 0.3) is 0 Å². The second kappa shape index (κ2) is 7.56. The maximum absolute atomic E-state index is 13.1. The Morgan fingerprint density at radius 3 is 2.57 bits per heavy atom. The summed E-state index contributed by atoms with van der Waals surface area (Å²) in [5.41, 5.74) is 3.62. The van der Waals surface area contributed by atoms with E-state index in [1.165, 1.54) is 0 Å². The van der Waals surface area contributed by atoms with E-state index < -0.39 is 12.5 Å². The number of alkyl halides is 3. The van der Waals surface area contributed by atoms with Crippen LogP contribution in [-0.2, 0) is 4.74 Å². The third-order valence-corrected chi connectivity index (χ3v) is 6.22. The van der Waals surface area contributed by atoms with Gasteiger partial charge in [0, 0.05) is 34.7 Å². The van der Waals surface area contributed by atoms with Crippen molar-refractivity contribution in [2.75, 3.05) is 6.54 Å². The third-order valence-electron chi connectivity index (χ3n) is 6.22. The molecule has 0 amide bonds. The minimum Gasteiger partial charge on any atom is -0.318 e. The van der Waals surface area contributed by atoms with Crippen molar-refractivity contribution in [1.82, 2.24) is 9.47 Å². The number of hydrogen-bond donors (Lipinski definition) is 0. The van der Waals surface area contributed by atoms with Crippen LogP contribution >= 0.6 is 0 Å². The lowest BCUT2D eigenvalue weighted by Crippen LogP contribution is -2.39. The van der Waals surface area contributed by atoms with Crippen molar-refractivity contribution < 1.29 is 22.7 Å². The molecule has 0 radical (unpaired) electrons. The summed E-state index contributed by atoms with van der Waals surface area (Å²) in [4.78, 5) is 15.0. The Balaban J connectivity index is 1.53. The molecule has 1 aromatic heterocycles. The Hall–Kier alpha value is -2.63. The van der Waals surface area contributed by atoms with Crippen LogP contribution in [0.2, 0.25) is 0 Å². The predicted molar refractivity (Wildman–Crippen MR) is 103 cm³/mol. The smallest absolute Gasteiger partial charge is 0.318 e. The molecule has 2 fully saturated rings. The van der Waals surface area contributed by atoms with Crippen LogP contribution in [0.1, 0.15) is 46.6 Å². The second-order valence-electron chi connectivity index (χ2n) is 8.01. The number of aryl methyl sites for hydroxylation is 1. The number of benzene rings is 1. The quantitative estimate of drug-likeness (QED) is 0.681. The first-order valence-electron chi connectivity index (χ1n) is 9.91. The molecule has 2 aliphatic heterocycles. The molecule has 0 spiro atoms. The van der Waals surface area contributed by atoms with E-state index in [0.717, 1.165) is 23.5 Å². The number of ether oxygens (including phenoxy) is 1. The zero-order valence-electron chi connectivity index (χ0n) is 16.7. The highest BCUT2D eigenvalue weighted by atomic mass is 19.4. The molecule has 2 saturated heterocycles. The summed E-state index contributed by atoms with van der Waals surface area (Å²) in [5, 5.41) is 8.97. The summed E-state index contributed by atoms with van der Waals surface area (Å²) in [6, 6.07) is 10.6. The number of rotatable bonds is 5. The number of halogens is 3. The van der Waals surface area contributed by atoms with Crippen LogP contribution in [0.5, 0.6) is 0 Å². The minimum atomic E-state index is -4.66. The van der Waals surface area contributed by atoms with Crippen LogP contribution in [0.25, 0.3) is 5.69 Å². The van der Waals surface area contributed by atoms with Gasteiger partial charge in [0.15, 0.2) is 5.78 Å². The van der Waals surface area contributed by atoms with Crippen LogP contribution in [0.4, 0.5) is 13.2 Å². The normalized spacial score (nSPS) is 23.7. The molecular weight excluding hydrogens is 395 g/mol. The first-order valence-corrected chi connectivity index (χ1v) is 9.91. The van der Waals surface area contributed by atoms with Gasteiger partial charge in [-0.1, -0.05) is 0 Å². The predicted octanol–water partition coefficient (Wildman–Crippen LogP) is 4.29. The number of ketones is 1. The van der Waals surface area contributed by atoms with Gasteiger partial charge in [-0.3, -0.25) is 14.4 Å². The highest BCUT2D eigenvalue weighted by Crippen LogP contribution is 2.41. The van der Waals surface area contributed by atoms with Crippen molar-refractivity contribution >= 4 is 5.78 Å². The molecule has 5 nitrogen and oxygen atoms in total. The molecule has 4 rings (SSSR count). The first-order chi connectivity index (χ1) is 14.2. The molecule has 2 aromatic rings. The number of carbonyl (C=O) groups excluding carboxylic acids is 1. The summed E-state index contributed by atoms with van der Waals surface area (Å²) < 4.78 is 44.2. The molecule has 0 N–H and O–H groups in total. The average Bonchev–Trinajstić information content (AvgIpc) is 3.31. The zero-order chi connectivity index (χ0) is 21.6. The number of fused-ring (bicyclic) bond motifs is 2. The van der Waals surface area contributed by atoms with Gasteiger partial charge in [-0.2, -0.15) is 5.26 Å². The van der Waals surface area contributed by atoms with Crippen LogP contribution < -0.4 is 0 Å². The fraction of sp³-hybridized carbons (Fsp3) is 0.455. The van der Waals surface area contributed by atoms with Crippen molar-refractivity contribution in [2.24, 2.45) is 0 Å². The van der Waals surface area contributed by atoms with Crippen molar-refractivity contribution in [3.63, 3.8) is 0 Å². The van der Waals surface area contributed by atoms with Crippen molar-refractivity contribution in [2.45, 2.75) is 57.7 Å². The average molecular weight is 417 g/mol. The number of aromatic nitrogens is 1. The van der Waals surface area contributed by atoms with Crippen molar-refractivity contribution in [1.29, 1.82) is 5.26 Å². The highest BCUT2D eigenvalue weighted by molar-refractivity contribution is 5.99. The molecule has 30 heavy (non-hydrogen) atoms. The SMILES string of the molecule is Cc1cc(C(=O)CN2[C@H]3CC[C@@H]2[C@H](OC(F)(F)F)C3)c(C)n1-c1ccc(C#N)cc1. The van der Waals surface area contributed by atoms with Gasteiger partial charge in [0.05, 0.1) is 24.3 Å². The Morgan fingerprint density at radius 2 is 1.93 bits per heavy atom. The van der Waals surface area contributed by atoms with Gasteiger partial charge in [0.2, 0.25) is 0 Å². The second-order valence-corrected chi connectivity index (χ2v) is 8.01. The fourth-order valence-electron chi connectivity index (χ4n) is 4.97. The largest absolute Gasteiger partial charge is 0.522 e. The summed E-state index contributed by atoms with van der Waals surface area (Å²) in [5.74, 6) is -0.104. The lowest BCUT2D eigenvalue weighted by Gasteiger charge is -2.24. The number of carbonyl (C=O) groups is 1. The van der Waals surface area contributed by atoms with E-state index >= 15 is 0 Å². The highest BCUT2D eigenvalue weighted by Gasteiger charge is 2.51. The molecule has 0 aliphatic carbocycles. The lowest BCUT2D eigenvalue weighted by atomic mass is 9.98. The molecule has 0 unspecified atom stereocenters. The monoisotopic (exact) mass is 417 g/mol. The number of nitrogens with zero attached hydrogens (tertiary/aromatic N) is 3. The first kappa shape index (κ1) is 20.6. The fourth-order valence-corrected chi connectivity index (χ4v) is 4.97. The minimum absolute atomic E-state index is 0.0479. The maximum Gasteiger partial charge on any atom is 0.522 e. The summed E-state index contributed by atoms with van der Waals surface area (Å²) in [7, 11) is 0. The van der Waals surface area contributed by atoms with Crippen LogP contribution in [0.15, 0.2) is 30.3 Å². The van der Waals surface area contributed by atoms with E-state index in [2.05, 4.69) is 10.8 Å². The standard InChI is InChI=1S/C22H22F3N3O2/c1-13-9-18(14(2)28(13)16-5-3-15(11-26)4-6-16)20(29)12-27-17-7-8-19(27)21(10-17)30-22(23,24)25/h3-6,9,17,19,21H,7-8,10,12H2,1-2H3/t17-,19+,21+/m0/s1. The van der Waals surface area contributed by atoms with Gasteiger partial charge in [0.1, 0.15) is 0 Å². The maximum atomic E-state index is 13.1. The molecule has 3 heterocycles. The van der Waals surface area contributed by atoms with Gasteiger partial charge in [-0.25, -0.2) is 0 Å². The van der Waals surface area contributed by atoms with Gasteiger partial charge >= 0.3 is 6.36 Å². The number of Topliss-reactive ketones (excluding diaryl/α,β-unsaturated/α-hetero) is 1. The molecule has 0 saturated carbocycles. The van der Waals surface area contributed by atoms with Gasteiger partial charge < -0.3 is 4.57 Å². The molecule has 1 aromatic carbocycles. The van der Waals surface area contributed by atoms with Crippen LogP contribution in [-0.4, -0.2) is 46.3 Å². The van der Waals surface area contributed by atoms with E-state index in [4.69, 9.17) is 5.26 Å². The third kappa shape index (κ3) is 3.75. The van der Waals surface area contributed by atoms with Crippen molar-refractivity contribution in [3.8, 4) is 11.8 Å². The van der Waals surface area contributed by atoms with Crippen molar-refractivity contribution in [3.05, 3.63) is 52.8 Å². The molecule has 2 bridgehead atoms. The summed E-state index contributed by atoms with van der Waals surface area (Å²) in [6.07, 6.45) is -3.84. The molecule has 8 heteroatoms. The van der Waals surface area contributed by atoms with E-state index in [1.54, 1.807) is 12.1 Å². The molecule has 2 aliphatic rings. The van der Waals surface area contributed by atoms with Crippen LogP contribution in [0.3, 0.4) is 0 Å². The summed E-state index contributed by atoms with van der Waals surface area (Å²) in [6.45, 7) is 3.84. The van der Waals surface area contributed by atoms with Gasteiger partial charge in [-0.05, 0) is 63.4 Å². The molecular formula is C22H22F3N3O2. The van der Waals surface area contributed by atoms with E-state index in [0.29, 0.717) is 24.0 Å². The lowest BCUT2D eigenvalue weighted by molar-refractivity contribution is -0.345. The Bertz CT molecular complexity index is 1000. The van der Waals surface area contributed by atoms with Gasteiger partial charge in [-0.15, -0.1) is 13.2 Å².